The summed E-state index contributed by atoms with van der Waals surface area (Å²) in [5.74, 6) is 5.97. The molecule has 0 spiro atoms. The molecule has 1 aliphatic carbocycles. The highest BCUT2D eigenvalue weighted by Crippen LogP contribution is 2.22. The molecule has 0 radical (unpaired) electrons. The van der Waals surface area contributed by atoms with Crippen LogP contribution >= 0.6 is 0 Å². The number of ether oxygens (including phenoxy) is 1. The first-order chi connectivity index (χ1) is 13.7. The van der Waals surface area contributed by atoms with E-state index in [1.54, 1.807) is 38.1 Å². The first kappa shape index (κ1) is 22.7. The van der Waals surface area contributed by atoms with E-state index in [0.717, 1.165) is 25.7 Å². The molecule has 1 aromatic carbocycles. The summed E-state index contributed by atoms with van der Waals surface area (Å²) >= 11 is 0. The molecule has 1 fully saturated rings. The predicted molar refractivity (Wildman–Crippen MR) is 109 cm³/mol. The van der Waals surface area contributed by atoms with Crippen molar-refractivity contribution >= 4 is 11.8 Å². The third-order valence-electron chi connectivity index (χ3n) is 4.90. The molecule has 2 rings (SSSR count). The molecule has 0 aromatic heterocycles. The summed E-state index contributed by atoms with van der Waals surface area (Å²) < 4.78 is 5.60. The predicted octanol–water partition coefficient (Wildman–Crippen LogP) is 0.927. The van der Waals surface area contributed by atoms with Crippen LogP contribution in [0.2, 0.25) is 0 Å². The van der Waals surface area contributed by atoms with Crippen LogP contribution in [-0.2, 0) is 4.79 Å². The molecular weight excluding hydrogens is 372 g/mol. The SMILES string of the molecule is CC(C)(N)C(NC(=O)c1ccc(OCC#CC2CCC(N)CC2)cc1)C(=O)NO. The van der Waals surface area contributed by atoms with Gasteiger partial charge in [-0.1, -0.05) is 11.8 Å². The topological polar surface area (TPSA) is 140 Å². The van der Waals surface area contributed by atoms with Gasteiger partial charge in [0.05, 0.1) is 0 Å². The molecule has 1 aliphatic rings. The zero-order valence-corrected chi connectivity index (χ0v) is 16.9. The van der Waals surface area contributed by atoms with Crippen LogP contribution < -0.4 is 27.0 Å². The molecule has 1 unspecified atom stereocenters. The zero-order valence-electron chi connectivity index (χ0n) is 16.9. The molecule has 7 N–H and O–H groups in total. The highest BCUT2D eigenvalue weighted by Gasteiger charge is 2.33. The van der Waals surface area contributed by atoms with E-state index in [2.05, 4.69) is 17.2 Å². The summed E-state index contributed by atoms with van der Waals surface area (Å²) in [6, 6.07) is 5.69. The summed E-state index contributed by atoms with van der Waals surface area (Å²) in [5.41, 5.74) is 12.6. The minimum atomic E-state index is -1.10. The Hall–Kier alpha value is -2.60. The van der Waals surface area contributed by atoms with Gasteiger partial charge in [0.2, 0.25) is 0 Å². The summed E-state index contributed by atoms with van der Waals surface area (Å²) in [7, 11) is 0. The van der Waals surface area contributed by atoms with E-state index >= 15 is 0 Å². The summed E-state index contributed by atoms with van der Waals surface area (Å²) in [4.78, 5) is 24.2. The van der Waals surface area contributed by atoms with E-state index in [1.165, 1.54) is 5.48 Å². The van der Waals surface area contributed by atoms with Crippen molar-refractivity contribution < 1.29 is 19.5 Å². The Balaban J connectivity index is 1.87. The quantitative estimate of drug-likeness (QED) is 0.272. The molecule has 0 saturated heterocycles. The molecule has 2 amide bonds. The van der Waals surface area contributed by atoms with Crippen LogP contribution in [0.1, 0.15) is 49.9 Å². The standard InChI is InChI=1S/C21H30N4O4/c1-21(2,23)18(20(27)25-28)24-19(26)15-7-11-17(12-8-15)29-13-3-4-14-5-9-16(22)10-6-14/h7-8,11-12,14,16,18,28H,5-6,9-10,13,22-23H2,1-2H3,(H,24,26)(H,25,27). The smallest absolute Gasteiger partial charge is 0.267 e. The van der Waals surface area contributed by atoms with Gasteiger partial charge < -0.3 is 21.5 Å². The van der Waals surface area contributed by atoms with E-state index < -0.39 is 23.4 Å². The fourth-order valence-corrected chi connectivity index (χ4v) is 3.14. The Labute approximate surface area is 171 Å². The van der Waals surface area contributed by atoms with Crippen molar-refractivity contribution in [1.29, 1.82) is 0 Å². The molecule has 0 aliphatic heterocycles. The lowest BCUT2D eigenvalue weighted by atomic mass is 9.87. The molecule has 1 saturated carbocycles. The van der Waals surface area contributed by atoms with Gasteiger partial charge in [0.15, 0.2) is 0 Å². The van der Waals surface area contributed by atoms with Gasteiger partial charge in [-0.3, -0.25) is 14.8 Å². The maximum Gasteiger partial charge on any atom is 0.267 e. The van der Waals surface area contributed by atoms with Gasteiger partial charge in [0.25, 0.3) is 11.8 Å². The second-order valence-electron chi connectivity index (χ2n) is 7.95. The molecule has 158 valence electrons. The number of hydroxylamine groups is 1. The molecule has 8 heteroatoms. The summed E-state index contributed by atoms with van der Waals surface area (Å²) in [6.07, 6.45) is 4.11. The number of nitrogens with two attached hydrogens (primary N) is 2. The maximum atomic E-state index is 12.4. The van der Waals surface area contributed by atoms with Crippen molar-refractivity contribution in [3.05, 3.63) is 29.8 Å². The number of carbonyl (C=O) groups is 2. The Kier molecular flexibility index (Phi) is 8.02. The summed E-state index contributed by atoms with van der Waals surface area (Å²) in [6.45, 7) is 3.42. The average Bonchev–Trinajstić information content (AvgIpc) is 2.69. The normalized spacial score (nSPS) is 20.0. The Morgan fingerprint density at radius 2 is 1.86 bits per heavy atom. The molecule has 1 aromatic rings. The van der Waals surface area contributed by atoms with Crippen LogP contribution in [0.25, 0.3) is 0 Å². The van der Waals surface area contributed by atoms with Crippen molar-refractivity contribution in [2.45, 2.75) is 57.2 Å². The number of rotatable bonds is 6. The highest BCUT2D eigenvalue weighted by atomic mass is 16.5. The number of carbonyl (C=O) groups excluding carboxylic acids is 2. The first-order valence-electron chi connectivity index (χ1n) is 9.71. The number of hydrogen-bond donors (Lipinski definition) is 5. The third-order valence-corrected chi connectivity index (χ3v) is 4.90. The van der Waals surface area contributed by atoms with Gasteiger partial charge in [-0.25, -0.2) is 5.48 Å². The van der Waals surface area contributed by atoms with E-state index in [4.69, 9.17) is 21.4 Å². The van der Waals surface area contributed by atoms with E-state index in [9.17, 15) is 9.59 Å². The minimum Gasteiger partial charge on any atom is -0.481 e. The van der Waals surface area contributed by atoms with Crippen LogP contribution in [0, 0.1) is 17.8 Å². The van der Waals surface area contributed by atoms with Gasteiger partial charge >= 0.3 is 0 Å². The van der Waals surface area contributed by atoms with Crippen LogP contribution in [0.5, 0.6) is 5.75 Å². The van der Waals surface area contributed by atoms with Gasteiger partial charge in [-0.05, 0) is 63.8 Å². The van der Waals surface area contributed by atoms with Crippen molar-refractivity contribution in [3.63, 3.8) is 0 Å². The van der Waals surface area contributed by atoms with Crippen LogP contribution in [0.3, 0.4) is 0 Å². The monoisotopic (exact) mass is 402 g/mol. The number of amides is 2. The van der Waals surface area contributed by atoms with Gasteiger partial charge in [0.1, 0.15) is 18.4 Å². The van der Waals surface area contributed by atoms with Crippen LogP contribution in [-0.4, -0.2) is 41.3 Å². The lowest BCUT2D eigenvalue weighted by Crippen LogP contribution is -2.61. The van der Waals surface area contributed by atoms with Gasteiger partial charge in [0, 0.05) is 23.1 Å². The Bertz CT molecular complexity index is 754. The minimum absolute atomic E-state index is 0.272. The van der Waals surface area contributed by atoms with Crippen LogP contribution in [0.4, 0.5) is 0 Å². The highest BCUT2D eigenvalue weighted by molar-refractivity contribution is 5.97. The molecular formula is C21H30N4O4. The molecule has 0 bridgehead atoms. The second kappa shape index (κ2) is 10.3. The van der Waals surface area contributed by atoms with Crippen molar-refractivity contribution in [2.75, 3.05) is 6.61 Å². The zero-order chi connectivity index (χ0) is 21.4. The third kappa shape index (κ3) is 7.06. The van der Waals surface area contributed by atoms with Crippen molar-refractivity contribution in [3.8, 4) is 17.6 Å². The van der Waals surface area contributed by atoms with E-state index in [0.29, 0.717) is 23.3 Å². The number of hydrogen-bond acceptors (Lipinski definition) is 6. The molecule has 29 heavy (non-hydrogen) atoms. The molecule has 1 atom stereocenters. The fraction of sp³-hybridized carbons (Fsp3) is 0.524. The molecule has 0 heterocycles. The fourth-order valence-electron chi connectivity index (χ4n) is 3.14. The number of nitrogens with one attached hydrogen (secondary N) is 2. The lowest BCUT2D eigenvalue weighted by molar-refractivity contribution is -0.132. The van der Waals surface area contributed by atoms with E-state index in [-0.39, 0.29) is 6.61 Å². The van der Waals surface area contributed by atoms with E-state index in [1.807, 2.05) is 0 Å². The Morgan fingerprint density at radius 3 is 2.41 bits per heavy atom. The number of benzene rings is 1. The second-order valence-corrected chi connectivity index (χ2v) is 7.95. The first-order valence-corrected chi connectivity index (χ1v) is 9.71. The van der Waals surface area contributed by atoms with Crippen molar-refractivity contribution in [2.24, 2.45) is 17.4 Å². The lowest BCUT2D eigenvalue weighted by Gasteiger charge is -2.29. The molecule has 8 nitrogen and oxygen atoms in total. The van der Waals surface area contributed by atoms with Crippen molar-refractivity contribution in [1.82, 2.24) is 10.8 Å². The van der Waals surface area contributed by atoms with Gasteiger partial charge in [-0.15, -0.1) is 0 Å². The largest absolute Gasteiger partial charge is 0.481 e. The summed E-state index contributed by atoms with van der Waals surface area (Å²) in [5, 5.41) is 11.4. The Morgan fingerprint density at radius 1 is 1.24 bits per heavy atom. The maximum absolute atomic E-state index is 12.4. The van der Waals surface area contributed by atoms with Gasteiger partial charge in [-0.2, -0.15) is 0 Å². The van der Waals surface area contributed by atoms with Crippen LogP contribution in [0.15, 0.2) is 24.3 Å². The average molecular weight is 402 g/mol.